The molecule has 1 aliphatic rings. The molecule has 0 aromatic heterocycles. The molecule has 1 heterocycles. The highest BCUT2D eigenvalue weighted by Gasteiger charge is 2.34. The quantitative estimate of drug-likeness (QED) is 0.0839. The number of hydrogen-bond acceptors (Lipinski definition) is 8. The summed E-state index contributed by atoms with van der Waals surface area (Å²) in [6, 6.07) is 4.24. The average molecular weight is 577 g/mol. The minimum absolute atomic E-state index is 0.0791. The molecule has 0 saturated carbocycles. The molecule has 0 aliphatic carbocycles. The number of nitrogens with two attached hydrogens (primary N) is 1. The van der Waals surface area contributed by atoms with Gasteiger partial charge in [-0.1, -0.05) is 44.2 Å². The molecule has 41 heavy (non-hydrogen) atoms. The van der Waals surface area contributed by atoms with Crippen LogP contribution in [0.25, 0.3) is 0 Å². The summed E-state index contributed by atoms with van der Waals surface area (Å²) in [6.45, 7) is 3.12. The van der Waals surface area contributed by atoms with Gasteiger partial charge in [0.25, 0.3) is 0 Å². The first-order chi connectivity index (χ1) is 19.4. The van der Waals surface area contributed by atoms with Gasteiger partial charge in [-0.15, -0.1) is 0 Å². The second-order valence-corrected chi connectivity index (χ2v) is 10.1. The van der Waals surface area contributed by atoms with Crippen molar-refractivity contribution >= 4 is 35.6 Å². The van der Waals surface area contributed by atoms with Crippen LogP contribution < -0.4 is 37.6 Å². The van der Waals surface area contributed by atoms with Crippen molar-refractivity contribution in [1.82, 2.24) is 31.9 Å². The number of aliphatic hydroxyl groups is 1. The molecular formula is C26H40N8O7. The number of carbonyl (C=O) groups excluding carboxylic acids is 4. The summed E-state index contributed by atoms with van der Waals surface area (Å²) >= 11 is 0. The van der Waals surface area contributed by atoms with Crippen LogP contribution in [-0.4, -0.2) is 89.3 Å². The van der Waals surface area contributed by atoms with E-state index in [0.29, 0.717) is 6.42 Å². The predicted octanol–water partition coefficient (Wildman–Crippen LogP) is -2.52. The first kappa shape index (κ1) is 33.0. The van der Waals surface area contributed by atoms with Crippen LogP contribution in [0.2, 0.25) is 0 Å². The van der Waals surface area contributed by atoms with Gasteiger partial charge in [0, 0.05) is 6.54 Å². The number of guanidine groups is 1. The van der Waals surface area contributed by atoms with Crippen LogP contribution in [-0.2, 0) is 30.4 Å². The third-order valence-electron chi connectivity index (χ3n) is 6.38. The number of carboxylic acids is 1. The number of aliphatic hydroxyl groups excluding tert-OH is 1. The Morgan fingerprint density at radius 1 is 1.05 bits per heavy atom. The van der Waals surface area contributed by atoms with E-state index in [2.05, 4.69) is 31.9 Å². The molecule has 226 valence electrons. The van der Waals surface area contributed by atoms with Crippen molar-refractivity contribution < 1.29 is 34.2 Å². The van der Waals surface area contributed by atoms with Crippen LogP contribution in [0.15, 0.2) is 30.3 Å². The molecule has 0 radical (unpaired) electrons. The molecule has 1 aromatic rings. The maximum absolute atomic E-state index is 13.5. The van der Waals surface area contributed by atoms with Gasteiger partial charge in [-0.25, -0.2) is 0 Å². The van der Waals surface area contributed by atoms with Crippen molar-refractivity contribution in [2.75, 3.05) is 13.1 Å². The smallest absolute Gasteiger partial charge is 0.305 e. The number of aliphatic carboxylic acids is 1. The Labute approximate surface area is 237 Å². The van der Waals surface area contributed by atoms with E-state index in [1.807, 2.05) is 0 Å². The van der Waals surface area contributed by atoms with E-state index in [-0.39, 0.29) is 25.3 Å². The van der Waals surface area contributed by atoms with Gasteiger partial charge in [-0.05, 0) is 30.7 Å². The fourth-order valence-corrected chi connectivity index (χ4v) is 4.23. The Morgan fingerprint density at radius 3 is 2.34 bits per heavy atom. The van der Waals surface area contributed by atoms with Crippen LogP contribution >= 0.6 is 0 Å². The van der Waals surface area contributed by atoms with Crippen molar-refractivity contribution in [3.8, 4) is 0 Å². The predicted molar refractivity (Wildman–Crippen MR) is 148 cm³/mol. The van der Waals surface area contributed by atoms with Crippen LogP contribution in [0.4, 0.5) is 0 Å². The molecule has 1 fully saturated rings. The Balaban J connectivity index is 2.40. The van der Waals surface area contributed by atoms with Crippen LogP contribution in [0.3, 0.4) is 0 Å². The number of nitrogens with one attached hydrogen (secondary N) is 7. The highest BCUT2D eigenvalue weighted by Crippen LogP contribution is 2.10. The third-order valence-corrected chi connectivity index (χ3v) is 6.38. The zero-order valence-electron chi connectivity index (χ0n) is 23.1. The highest BCUT2D eigenvalue weighted by molar-refractivity contribution is 5.94. The fourth-order valence-electron chi connectivity index (χ4n) is 4.23. The third kappa shape index (κ3) is 11.4. The van der Waals surface area contributed by atoms with Gasteiger partial charge in [-0.3, -0.25) is 34.7 Å². The number of benzene rings is 1. The number of rotatable bonds is 9. The summed E-state index contributed by atoms with van der Waals surface area (Å²) in [5.41, 5.74) is 6.01. The summed E-state index contributed by atoms with van der Waals surface area (Å²) < 4.78 is 0. The van der Waals surface area contributed by atoms with Gasteiger partial charge < -0.3 is 42.5 Å². The van der Waals surface area contributed by atoms with Gasteiger partial charge in [0.2, 0.25) is 23.6 Å². The Kier molecular flexibility index (Phi) is 13.0. The maximum atomic E-state index is 13.5. The summed E-state index contributed by atoms with van der Waals surface area (Å²) in [5.74, 6) is -4.71. The average Bonchev–Trinajstić information content (AvgIpc) is 2.90. The van der Waals surface area contributed by atoms with Gasteiger partial charge in [0.1, 0.15) is 18.3 Å². The highest BCUT2D eigenvalue weighted by atomic mass is 16.4. The zero-order valence-corrected chi connectivity index (χ0v) is 23.1. The minimum atomic E-state index is -1.66. The number of hydrogen-bond donors (Lipinski definition) is 10. The Morgan fingerprint density at radius 2 is 1.73 bits per heavy atom. The van der Waals surface area contributed by atoms with Gasteiger partial charge >= 0.3 is 5.97 Å². The molecule has 15 nitrogen and oxygen atoms in total. The van der Waals surface area contributed by atoms with E-state index in [4.69, 9.17) is 11.1 Å². The molecular weight excluding hydrogens is 536 g/mol. The maximum Gasteiger partial charge on any atom is 0.305 e. The lowest BCUT2D eigenvalue weighted by atomic mass is 9.99. The number of amides is 4. The standard InChI is InChI=1S/C26H40N8O7/c1-14(2)21-25(41)32-16(9-6-10-29-26(27)28)22(38)30-13-19(35)31-18(12-20(36)37)23(39)33-17(24(40)34-21)11-15-7-4-3-5-8-15/h3-5,7-8,14,16-18,21,23,33,39H,6,9-13H2,1-2H3,(H,30,38)(H,31,35)(H,32,41)(H,34,40)(H,36,37)(H4,27,28,29)/t16-,17-,18-,21+,23?/m0/s1. The zero-order chi connectivity index (χ0) is 30.5. The lowest BCUT2D eigenvalue weighted by Crippen LogP contribution is -2.60. The molecule has 5 atom stereocenters. The normalized spacial score (nSPS) is 24.6. The molecule has 1 aliphatic heterocycles. The Bertz CT molecular complexity index is 1080. The first-order valence-corrected chi connectivity index (χ1v) is 13.3. The van der Waals surface area contributed by atoms with E-state index in [0.717, 1.165) is 5.56 Å². The lowest BCUT2D eigenvalue weighted by Gasteiger charge is -2.30. The molecule has 0 bridgehead atoms. The molecule has 1 unspecified atom stereocenters. The van der Waals surface area contributed by atoms with Crippen molar-refractivity contribution in [3.05, 3.63) is 35.9 Å². The van der Waals surface area contributed by atoms with Gasteiger partial charge in [0.15, 0.2) is 5.96 Å². The first-order valence-electron chi connectivity index (χ1n) is 13.3. The number of carbonyl (C=O) groups is 5. The molecule has 11 N–H and O–H groups in total. The lowest BCUT2D eigenvalue weighted by molar-refractivity contribution is -0.139. The van der Waals surface area contributed by atoms with E-state index < -0.39 is 78.9 Å². The van der Waals surface area contributed by atoms with Gasteiger partial charge in [0.05, 0.1) is 25.0 Å². The second-order valence-electron chi connectivity index (χ2n) is 10.1. The van der Waals surface area contributed by atoms with E-state index in [9.17, 15) is 34.2 Å². The topological polar surface area (TPSA) is 248 Å². The minimum Gasteiger partial charge on any atom is -0.481 e. The second kappa shape index (κ2) is 16.1. The summed E-state index contributed by atoms with van der Waals surface area (Å²) in [4.78, 5) is 63.9. The summed E-state index contributed by atoms with van der Waals surface area (Å²) in [5, 5.41) is 43.0. The van der Waals surface area contributed by atoms with E-state index >= 15 is 0 Å². The molecule has 2 rings (SSSR count). The van der Waals surface area contributed by atoms with E-state index in [1.54, 1.807) is 44.2 Å². The molecule has 15 heteroatoms. The van der Waals surface area contributed by atoms with Crippen molar-refractivity contribution in [2.45, 2.75) is 69.9 Å². The monoisotopic (exact) mass is 576 g/mol. The van der Waals surface area contributed by atoms with Crippen LogP contribution in [0.5, 0.6) is 0 Å². The summed E-state index contributed by atoms with van der Waals surface area (Å²) in [7, 11) is 0. The van der Waals surface area contributed by atoms with Crippen LogP contribution in [0, 0.1) is 11.3 Å². The summed E-state index contributed by atoms with van der Waals surface area (Å²) in [6.07, 6.45) is -1.80. The van der Waals surface area contributed by atoms with Crippen molar-refractivity contribution in [2.24, 2.45) is 11.7 Å². The Hall–Kier alpha value is -4.24. The fraction of sp³-hybridized carbons (Fsp3) is 0.538. The molecule has 0 spiro atoms. The largest absolute Gasteiger partial charge is 0.481 e. The SMILES string of the molecule is CC(C)[C@H]1NC(=O)[C@H](Cc2ccccc2)NC(O)[C@H](CC(=O)O)NC(=O)CNC(=O)[C@H](CCCNC(=N)N)NC1=O. The van der Waals surface area contributed by atoms with Crippen molar-refractivity contribution in [3.63, 3.8) is 0 Å². The van der Waals surface area contributed by atoms with Gasteiger partial charge in [-0.2, -0.15) is 0 Å². The number of carboxylic acid groups (broad SMARTS) is 1. The molecule has 1 aromatic carbocycles. The van der Waals surface area contributed by atoms with E-state index in [1.165, 1.54) is 0 Å². The van der Waals surface area contributed by atoms with Crippen LogP contribution in [0.1, 0.15) is 38.7 Å². The molecule has 4 amide bonds. The van der Waals surface area contributed by atoms with Crippen molar-refractivity contribution in [1.29, 1.82) is 5.41 Å². The molecule has 1 saturated heterocycles.